The maximum atomic E-state index is 12.2. The Morgan fingerprint density at radius 1 is 1.32 bits per heavy atom. The number of aromatic nitrogens is 1. The van der Waals surface area contributed by atoms with E-state index in [1.165, 1.54) is 0 Å². The van der Waals surface area contributed by atoms with Crippen molar-refractivity contribution >= 4 is 5.91 Å². The summed E-state index contributed by atoms with van der Waals surface area (Å²) in [6.45, 7) is 6.53. The van der Waals surface area contributed by atoms with Crippen LogP contribution < -0.4 is 0 Å². The number of hydrogen-bond donors (Lipinski definition) is 0. The molecule has 5 nitrogen and oxygen atoms in total. The van der Waals surface area contributed by atoms with Crippen molar-refractivity contribution < 1.29 is 4.79 Å². The van der Waals surface area contributed by atoms with Gasteiger partial charge in [-0.05, 0) is 26.0 Å². The second-order valence-electron chi connectivity index (χ2n) is 5.17. The summed E-state index contributed by atoms with van der Waals surface area (Å²) in [5.41, 5.74) is 0.00985. The molecule has 100 valence electrons. The highest BCUT2D eigenvalue weighted by Gasteiger charge is 2.31. The molecule has 0 bridgehead atoms. The van der Waals surface area contributed by atoms with Gasteiger partial charge < -0.3 is 4.90 Å². The highest BCUT2D eigenvalue weighted by atomic mass is 16.2. The van der Waals surface area contributed by atoms with Crippen molar-refractivity contribution in [3.05, 3.63) is 30.1 Å². The molecular weight excluding hydrogens is 240 g/mol. The van der Waals surface area contributed by atoms with E-state index >= 15 is 0 Å². The standard InChI is InChI=1S/C14H18N4O/c1-14(2,11-15)18-9-7-17(8-10-18)13(19)12-5-3-4-6-16-12/h3-6H,7-10H2,1-2H3. The minimum atomic E-state index is -0.472. The van der Waals surface area contributed by atoms with Gasteiger partial charge in [0, 0.05) is 32.4 Å². The van der Waals surface area contributed by atoms with Gasteiger partial charge in [-0.3, -0.25) is 14.7 Å². The summed E-state index contributed by atoms with van der Waals surface area (Å²) in [5.74, 6) is -0.0324. The van der Waals surface area contributed by atoms with Gasteiger partial charge in [0.2, 0.25) is 0 Å². The first-order valence-corrected chi connectivity index (χ1v) is 6.41. The van der Waals surface area contributed by atoms with Crippen molar-refractivity contribution in [2.24, 2.45) is 0 Å². The quantitative estimate of drug-likeness (QED) is 0.798. The van der Waals surface area contributed by atoms with Crippen molar-refractivity contribution in [3.63, 3.8) is 0 Å². The molecule has 2 rings (SSSR count). The Morgan fingerprint density at radius 2 is 2.00 bits per heavy atom. The second kappa shape index (κ2) is 5.37. The number of amides is 1. The van der Waals surface area contributed by atoms with Gasteiger partial charge in [-0.2, -0.15) is 5.26 Å². The van der Waals surface area contributed by atoms with Gasteiger partial charge in [0.05, 0.1) is 6.07 Å². The van der Waals surface area contributed by atoms with Crippen LogP contribution >= 0.6 is 0 Å². The first-order valence-electron chi connectivity index (χ1n) is 6.41. The minimum Gasteiger partial charge on any atom is -0.335 e. The number of rotatable bonds is 2. The number of nitrogens with zero attached hydrogens (tertiary/aromatic N) is 4. The van der Waals surface area contributed by atoms with Crippen LogP contribution in [0, 0.1) is 11.3 Å². The lowest BCUT2D eigenvalue weighted by molar-refractivity contribution is 0.0516. The molecule has 1 aromatic heterocycles. The van der Waals surface area contributed by atoms with Gasteiger partial charge in [-0.25, -0.2) is 0 Å². The molecule has 0 saturated carbocycles. The summed E-state index contributed by atoms with van der Waals surface area (Å²) < 4.78 is 0. The zero-order valence-corrected chi connectivity index (χ0v) is 11.3. The van der Waals surface area contributed by atoms with Gasteiger partial charge in [-0.15, -0.1) is 0 Å². The largest absolute Gasteiger partial charge is 0.335 e. The lowest BCUT2D eigenvalue weighted by atomic mass is 10.0. The van der Waals surface area contributed by atoms with E-state index in [0.717, 1.165) is 13.1 Å². The van der Waals surface area contributed by atoms with Crippen LogP contribution in [0.25, 0.3) is 0 Å². The van der Waals surface area contributed by atoms with E-state index in [9.17, 15) is 4.79 Å². The smallest absolute Gasteiger partial charge is 0.272 e. The average molecular weight is 258 g/mol. The molecule has 1 fully saturated rings. The average Bonchev–Trinajstić information content (AvgIpc) is 2.47. The molecule has 5 heteroatoms. The Bertz CT molecular complexity index is 484. The van der Waals surface area contributed by atoms with E-state index in [4.69, 9.17) is 5.26 Å². The summed E-state index contributed by atoms with van der Waals surface area (Å²) >= 11 is 0. The van der Waals surface area contributed by atoms with Gasteiger partial charge in [0.1, 0.15) is 11.2 Å². The van der Waals surface area contributed by atoms with Gasteiger partial charge in [0.15, 0.2) is 0 Å². The third kappa shape index (κ3) is 2.91. The molecule has 1 amide bonds. The number of piperazine rings is 1. The highest BCUT2D eigenvalue weighted by Crippen LogP contribution is 2.16. The Kier molecular flexibility index (Phi) is 3.82. The normalized spacial score (nSPS) is 17.0. The minimum absolute atomic E-state index is 0.0324. The topological polar surface area (TPSA) is 60.2 Å². The van der Waals surface area contributed by atoms with E-state index in [-0.39, 0.29) is 5.91 Å². The van der Waals surface area contributed by atoms with Crippen LogP contribution in [0.5, 0.6) is 0 Å². The molecule has 0 N–H and O–H groups in total. The summed E-state index contributed by atoms with van der Waals surface area (Å²) in [6, 6.07) is 7.64. The Balaban J connectivity index is 1.98. The molecule has 0 atom stereocenters. The van der Waals surface area contributed by atoms with E-state index < -0.39 is 5.54 Å². The number of pyridine rings is 1. The van der Waals surface area contributed by atoms with Crippen molar-refractivity contribution in [1.29, 1.82) is 5.26 Å². The highest BCUT2D eigenvalue weighted by molar-refractivity contribution is 5.92. The predicted octanol–water partition coefficient (Wildman–Crippen LogP) is 1.14. The second-order valence-corrected chi connectivity index (χ2v) is 5.17. The van der Waals surface area contributed by atoms with Crippen molar-refractivity contribution in [2.75, 3.05) is 26.2 Å². The van der Waals surface area contributed by atoms with Crippen LogP contribution in [-0.4, -0.2) is 52.4 Å². The molecular formula is C14H18N4O. The van der Waals surface area contributed by atoms with Crippen LogP contribution in [0.4, 0.5) is 0 Å². The summed E-state index contributed by atoms with van der Waals surface area (Å²) in [5, 5.41) is 9.12. The third-order valence-electron chi connectivity index (χ3n) is 3.52. The number of carbonyl (C=O) groups excluding carboxylic acids is 1. The monoisotopic (exact) mass is 258 g/mol. The van der Waals surface area contributed by atoms with E-state index in [1.807, 2.05) is 19.9 Å². The Labute approximate surface area is 113 Å². The zero-order chi connectivity index (χ0) is 13.9. The summed E-state index contributed by atoms with van der Waals surface area (Å²) in [7, 11) is 0. The van der Waals surface area contributed by atoms with Crippen LogP contribution in [0.3, 0.4) is 0 Å². The number of nitriles is 1. The van der Waals surface area contributed by atoms with Crippen molar-refractivity contribution in [1.82, 2.24) is 14.8 Å². The predicted molar refractivity (Wildman–Crippen MR) is 71.4 cm³/mol. The molecule has 0 unspecified atom stereocenters. The van der Waals surface area contributed by atoms with Crippen molar-refractivity contribution in [2.45, 2.75) is 19.4 Å². The fourth-order valence-electron chi connectivity index (χ4n) is 2.19. The molecule has 19 heavy (non-hydrogen) atoms. The summed E-state index contributed by atoms with van der Waals surface area (Å²) in [6.07, 6.45) is 1.63. The number of carbonyl (C=O) groups is 1. The molecule has 0 aliphatic carbocycles. The molecule has 0 radical (unpaired) electrons. The Hall–Kier alpha value is -1.93. The first kappa shape index (κ1) is 13.5. The van der Waals surface area contributed by atoms with Crippen LogP contribution in [0.15, 0.2) is 24.4 Å². The molecule has 1 aromatic rings. The van der Waals surface area contributed by atoms with Gasteiger partial charge >= 0.3 is 0 Å². The molecule has 1 aliphatic rings. The fourth-order valence-corrected chi connectivity index (χ4v) is 2.19. The fraction of sp³-hybridized carbons (Fsp3) is 0.500. The van der Waals surface area contributed by atoms with E-state index in [1.54, 1.807) is 23.2 Å². The first-order chi connectivity index (χ1) is 9.04. The summed E-state index contributed by atoms with van der Waals surface area (Å²) in [4.78, 5) is 20.2. The SMILES string of the molecule is CC(C)(C#N)N1CCN(C(=O)c2ccccn2)CC1. The Morgan fingerprint density at radius 3 is 2.53 bits per heavy atom. The van der Waals surface area contributed by atoms with E-state index in [0.29, 0.717) is 18.8 Å². The van der Waals surface area contributed by atoms with Crippen LogP contribution in [0.2, 0.25) is 0 Å². The van der Waals surface area contributed by atoms with Gasteiger partial charge in [0.25, 0.3) is 5.91 Å². The van der Waals surface area contributed by atoms with Crippen LogP contribution in [-0.2, 0) is 0 Å². The lowest BCUT2D eigenvalue weighted by Gasteiger charge is -2.40. The van der Waals surface area contributed by atoms with Crippen molar-refractivity contribution in [3.8, 4) is 6.07 Å². The lowest BCUT2D eigenvalue weighted by Crippen LogP contribution is -2.55. The van der Waals surface area contributed by atoms with E-state index in [2.05, 4.69) is 16.0 Å². The third-order valence-corrected chi connectivity index (χ3v) is 3.52. The molecule has 0 spiro atoms. The molecule has 1 saturated heterocycles. The number of hydrogen-bond acceptors (Lipinski definition) is 4. The molecule has 1 aliphatic heterocycles. The maximum Gasteiger partial charge on any atom is 0.272 e. The van der Waals surface area contributed by atoms with Crippen LogP contribution in [0.1, 0.15) is 24.3 Å². The zero-order valence-electron chi connectivity index (χ0n) is 11.3. The van der Waals surface area contributed by atoms with Gasteiger partial charge in [-0.1, -0.05) is 6.07 Å². The molecule has 0 aromatic carbocycles. The maximum absolute atomic E-state index is 12.2. The molecule has 2 heterocycles.